The number of nitrogens with zero attached hydrogens (tertiary/aromatic N) is 4. The Morgan fingerprint density at radius 2 is 1.96 bits per heavy atom. The highest BCUT2D eigenvalue weighted by Crippen LogP contribution is 2.14. The number of rotatable bonds is 5. The molecule has 2 heterocycles. The van der Waals surface area contributed by atoms with Gasteiger partial charge in [-0.3, -0.25) is 4.79 Å². The Morgan fingerprint density at radius 1 is 1.24 bits per heavy atom. The van der Waals surface area contributed by atoms with Gasteiger partial charge in [-0.2, -0.15) is 14.8 Å². The van der Waals surface area contributed by atoms with Gasteiger partial charge in [0.05, 0.1) is 5.69 Å². The van der Waals surface area contributed by atoms with Gasteiger partial charge in [0.25, 0.3) is 11.4 Å². The summed E-state index contributed by atoms with van der Waals surface area (Å²) in [6.45, 7) is 2.00. The van der Waals surface area contributed by atoms with Gasteiger partial charge in [0.15, 0.2) is 5.82 Å². The van der Waals surface area contributed by atoms with E-state index in [9.17, 15) is 9.18 Å². The van der Waals surface area contributed by atoms with Crippen molar-refractivity contribution in [3.8, 4) is 17.3 Å². The average Bonchev–Trinajstić information content (AvgIpc) is 3.04. The molecule has 0 radical (unpaired) electrons. The van der Waals surface area contributed by atoms with E-state index in [1.54, 1.807) is 0 Å². The van der Waals surface area contributed by atoms with Crippen molar-refractivity contribution >= 4 is 12.4 Å². The molecule has 25 heavy (non-hydrogen) atoms. The third-order valence-corrected chi connectivity index (χ3v) is 3.54. The normalized spacial score (nSPS) is 11.8. The number of likely N-dealkylation sites (N-methyl/N-ethyl adjacent to an activating group) is 1. The molecule has 3 aromatic rings. The van der Waals surface area contributed by atoms with Crippen molar-refractivity contribution in [3.63, 3.8) is 0 Å². The van der Waals surface area contributed by atoms with E-state index in [4.69, 9.17) is 4.52 Å². The van der Waals surface area contributed by atoms with E-state index in [0.717, 1.165) is 4.68 Å². The minimum atomic E-state index is -0.386. The zero-order chi connectivity index (χ0) is 17.1. The highest BCUT2D eigenvalue weighted by Gasteiger charge is 2.14. The fraction of sp³-hybridized carbons (Fsp3) is 0.250. The zero-order valence-corrected chi connectivity index (χ0v) is 14.5. The lowest BCUT2D eigenvalue weighted by Gasteiger charge is -2.05. The molecule has 0 amide bonds. The minimum absolute atomic E-state index is 0. The molecule has 0 saturated carbocycles. The fourth-order valence-corrected chi connectivity index (χ4v) is 2.11. The summed E-state index contributed by atoms with van der Waals surface area (Å²) in [4.78, 5) is 16.3. The van der Waals surface area contributed by atoms with E-state index in [-0.39, 0.29) is 35.7 Å². The topological polar surface area (TPSA) is 85.8 Å². The number of nitrogens with one attached hydrogen (secondary N) is 1. The van der Waals surface area contributed by atoms with E-state index in [0.29, 0.717) is 23.6 Å². The largest absolute Gasteiger partial charge is 0.332 e. The van der Waals surface area contributed by atoms with Gasteiger partial charge in [0.2, 0.25) is 0 Å². The summed E-state index contributed by atoms with van der Waals surface area (Å²) in [5.41, 5.74) is 0.482. The predicted molar refractivity (Wildman–Crippen MR) is 92.6 cm³/mol. The number of hydrogen-bond donors (Lipinski definition) is 1. The second kappa shape index (κ2) is 8.00. The van der Waals surface area contributed by atoms with Gasteiger partial charge in [-0.25, -0.2) is 4.39 Å². The summed E-state index contributed by atoms with van der Waals surface area (Å²) in [5, 5.41) is 11.2. The number of aromatic nitrogens is 4. The first-order valence-corrected chi connectivity index (χ1v) is 7.43. The van der Waals surface area contributed by atoms with Crippen LogP contribution in [0.2, 0.25) is 0 Å². The van der Waals surface area contributed by atoms with Gasteiger partial charge in [-0.15, -0.1) is 12.4 Å². The van der Waals surface area contributed by atoms with Gasteiger partial charge in [0, 0.05) is 18.5 Å². The molecule has 1 atom stereocenters. The predicted octanol–water partition coefficient (Wildman–Crippen LogP) is 1.99. The molecular formula is C16H17ClFN5O2. The van der Waals surface area contributed by atoms with E-state index in [2.05, 4.69) is 20.6 Å². The lowest BCUT2D eigenvalue weighted by atomic mass is 10.2. The molecule has 1 aromatic carbocycles. The average molecular weight is 366 g/mol. The quantitative estimate of drug-likeness (QED) is 0.744. The van der Waals surface area contributed by atoms with Crippen LogP contribution < -0.4 is 10.9 Å². The van der Waals surface area contributed by atoms with Crippen molar-refractivity contribution in [2.45, 2.75) is 19.4 Å². The van der Waals surface area contributed by atoms with Crippen LogP contribution in [0, 0.1) is 5.82 Å². The first-order valence-electron chi connectivity index (χ1n) is 7.43. The Hall–Kier alpha value is -2.58. The van der Waals surface area contributed by atoms with E-state index >= 15 is 0 Å². The molecule has 2 aromatic heterocycles. The van der Waals surface area contributed by atoms with Crippen LogP contribution in [0.15, 0.2) is 45.7 Å². The number of benzene rings is 1. The van der Waals surface area contributed by atoms with Gasteiger partial charge >= 0.3 is 0 Å². The Balaban J connectivity index is 0.00000225. The van der Waals surface area contributed by atoms with Crippen LogP contribution in [0.1, 0.15) is 12.7 Å². The van der Waals surface area contributed by atoms with Gasteiger partial charge in [-0.1, -0.05) is 5.16 Å². The molecule has 0 bridgehead atoms. The summed E-state index contributed by atoms with van der Waals surface area (Å²) < 4.78 is 19.4. The molecule has 132 valence electrons. The lowest BCUT2D eigenvalue weighted by Crippen LogP contribution is -2.24. The van der Waals surface area contributed by atoms with Crippen LogP contribution in [0.25, 0.3) is 17.3 Å². The highest BCUT2D eigenvalue weighted by atomic mass is 35.5. The molecule has 0 spiro atoms. The molecule has 0 aliphatic carbocycles. The van der Waals surface area contributed by atoms with Crippen molar-refractivity contribution in [2.75, 3.05) is 7.05 Å². The Morgan fingerprint density at radius 3 is 2.64 bits per heavy atom. The summed E-state index contributed by atoms with van der Waals surface area (Å²) >= 11 is 0. The van der Waals surface area contributed by atoms with Crippen LogP contribution in [-0.2, 0) is 6.42 Å². The molecule has 3 rings (SSSR count). The van der Waals surface area contributed by atoms with Gasteiger partial charge in [0.1, 0.15) is 11.5 Å². The molecule has 0 saturated heterocycles. The van der Waals surface area contributed by atoms with Crippen molar-refractivity contribution < 1.29 is 8.91 Å². The van der Waals surface area contributed by atoms with Gasteiger partial charge in [-0.05, 0) is 44.3 Å². The van der Waals surface area contributed by atoms with Crippen LogP contribution in [0.5, 0.6) is 0 Å². The van der Waals surface area contributed by atoms with Crippen LogP contribution >= 0.6 is 12.4 Å². The zero-order valence-electron chi connectivity index (χ0n) is 13.6. The van der Waals surface area contributed by atoms with Crippen molar-refractivity contribution in [1.29, 1.82) is 0 Å². The van der Waals surface area contributed by atoms with Crippen LogP contribution in [0.3, 0.4) is 0 Å². The smallest absolute Gasteiger partial charge is 0.278 e. The maximum absolute atomic E-state index is 13.0. The van der Waals surface area contributed by atoms with Crippen molar-refractivity contribution in [1.82, 2.24) is 25.2 Å². The molecule has 0 aliphatic heterocycles. The summed E-state index contributed by atoms with van der Waals surface area (Å²) in [7, 11) is 1.85. The molecular weight excluding hydrogens is 349 g/mol. The standard InChI is InChI=1S/C16H16FN5O2.ClH/c1-10(18-2)9-14-19-16(24-21-14)13-7-8-15(23)22(20-13)12-5-3-11(17)4-6-12;/h3-8,10,18H,9H2,1-2H3;1H. The summed E-state index contributed by atoms with van der Waals surface area (Å²) in [6, 6.07) is 8.55. The van der Waals surface area contributed by atoms with E-state index in [1.807, 2.05) is 14.0 Å². The molecule has 7 nitrogen and oxygen atoms in total. The Kier molecular flexibility index (Phi) is 6.00. The summed E-state index contributed by atoms with van der Waals surface area (Å²) in [5.74, 6) is 0.389. The third kappa shape index (κ3) is 4.28. The monoisotopic (exact) mass is 365 g/mol. The molecule has 1 N–H and O–H groups in total. The lowest BCUT2D eigenvalue weighted by molar-refractivity contribution is 0.416. The number of hydrogen-bond acceptors (Lipinski definition) is 6. The molecule has 0 aliphatic rings. The Labute approximate surface area is 149 Å². The first-order chi connectivity index (χ1) is 11.6. The highest BCUT2D eigenvalue weighted by molar-refractivity contribution is 5.85. The SMILES string of the molecule is CNC(C)Cc1noc(-c2ccc(=O)n(-c3ccc(F)cc3)n2)n1.Cl. The van der Waals surface area contributed by atoms with Gasteiger partial charge < -0.3 is 9.84 Å². The summed E-state index contributed by atoms with van der Waals surface area (Å²) in [6.07, 6.45) is 0.609. The second-order valence-corrected chi connectivity index (χ2v) is 5.35. The van der Waals surface area contributed by atoms with Crippen LogP contribution in [-0.4, -0.2) is 33.0 Å². The molecule has 0 fully saturated rings. The van der Waals surface area contributed by atoms with Crippen molar-refractivity contribution in [3.05, 3.63) is 58.4 Å². The Bertz CT molecular complexity index is 894. The molecule has 9 heteroatoms. The third-order valence-electron chi connectivity index (χ3n) is 3.54. The first kappa shape index (κ1) is 18.8. The molecule has 1 unspecified atom stereocenters. The second-order valence-electron chi connectivity index (χ2n) is 5.35. The maximum atomic E-state index is 13.0. The minimum Gasteiger partial charge on any atom is -0.332 e. The maximum Gasteiger partial charge on any atom is 0.278 e. The fourth-order valence-electron chi connectivity index (χ4n) is 2.11. The van der Waals surface area contributed by atoms with Crippen molar-refractivity contribution in [2.24, 2.45) is 0 Å². The van der Waals surface area contributed by atoms with Crippen LogP contribution in [0.4, 0.5) is 4.39 Å². The van der Waals surface area contributed by atoms with E-state index in [1.165, 1.54) is 36.4 Å². The number of halogens is 2. The van der Waals surface area contributed by atoms with E-state index < -0.39 is 0 Å².